The van der Waals surface area contributed by atoms with Gasteiger partial charge in [-0.1, -0.05) is 36.4 Å². The summed E-state index contributed by atoms with van der Waals surface area (Å²) in [5.41, 5.74) is 0.959. The lowest BCUT2D eigenvalue weighted by molar-refractivity contribution is -0.124. The summed E-state index contributed by atoms with van der Waals surface area (Å²) in [5.74, 6) is -0.0728. The van der Waals surface area contributed by atoms with E-state index in [1.54, 1.807) is 31.2 Å². The van der Waals surface area contributed by atoms with Gasteiger partial charge in [-0.05, 0) is 25.1 Å². The molecule has 116 valence electrons. The third-order valence-corrected chi connectivity index (χ3v) is 3.31. The predicted octanol–water partition coefficient (Wildman–Crippen LogP) is 3.95. The summed E-state index contributed by atoms with van der Waals surface area (Å²) in [4.78, 5) is 14.8. The Bertz CT molecular complexity index is 856. The van der Waals surface area contributed by atoms with Gasteiger partial charge in [0.05, 0.1) is 5.52 Å². The van der Waals surface area contributed by atoms with Crippen molar-refractivity contribution < 1.29 is 14.6 Å². The van der Waals surface area contributed by atoms with Gasteiger partial charge in [-0.15, -0.1) is 10.2 Å². The maximum absolute atomic E-state index is 12.0. The van der Waals surface area contributed by atoms with E-state index in [0.29, 0.717) is 11.1 Å². The molecule has 0 aliphatic heterocycles. The van der Waals surface area contributed by atoms with Gasteiger partial charge in [0.1, 0.15) is 5.75 Å². The molecular weight excluding hydrogens is 294 g/mol. The molecule has 0 saturated carbocycles. The summed E-state index contributed by atoms with van der Waals surface area (Å²) in [6.45, 7) is 1.60. The lowest BCUT2D eigenvalue weighted by Gasteiger charge is -2.10. The zero-order valence-corrected chi connectivity index (χ0v) is 12.4. The van der Waals surface area contributed by atoms with Crippen molar-refractivity contribution in [2.75, 3.05) is 0 Å². The standard InChI is InChI=1S/C17H15N3O3/c1-11(23-12-7-3-2-4-8-12)16(21)20-19-15-13-9-5-6-10-14(13)18-17(15)22/h2-11,18,22H,1H3. The van der Waals surface area contributed by atoms with Gasteiger partial charge in [0.2, 0.25) is 5.88 Å². The number of aromatic amines is 1. The number of aromatic nitrogens is 1. The van der Waals surface area contributed by atoms with Gasteiger partial charge in [-0.25, -0.2) is 0 Å². The van der Waals surface area contributed by atoms with Crippen LogP contribution in [0.2, 0.25) is 0 Å². The van der Waals surface area contributed by atoms with Gasteiger partial charge in [0.15, 0.2) is 11.8 Å². The minimum Gasteiger partial charge on any atom is -0.493 e. The van der Waals surface area contributed by atoms with Crippen LogP contribution in [0.5, 0.6) is 11.6 Å². The van der Waals surface area contributed by atoms with Gasteiger partial charge in [-0.3, -0.25) is 4.79 Å². The first-order valence-corrected chi connectivity index (χ1v) is 7.12. The predicted molar refractivity (Wildman–Crippen MR) is 86.0 cm³/mol. The molecule has 0 aliphatic rings. The molecule has 2 aromatic carbocycles. The van der Waals surface area contributed by atoms with Crippen LogP contribution in [0.25, 0.3) is 10.9 Å². The number of fused-ring (bicyclic) bond motifs is 1. The quantitative estimate of drug-likeness (QED) is 0.715. The van der Waals surface area contributed by atoms with Crippen molar-refractivity contribution in [1.29, 1.82) is 0 Å². The lowest BCUT2D eigenvalue weighted by atomic mass is 10.2. The van der Waals surface area contributed by atoms with Crippen molar-refractivity contribution in [3.63, 3.8) is 0 Å². The highest BCUT2D eigenvalue weighted by Crippen LogP contribution is 2.35. The molecule has 3 rings (SSSR count). The molecule has 1 aromatic heterocycles. The average Bonchev–Trinajstić information content (AvgIpc) is 2.88. The first kappa shape index (κ1) is 14.8. The lowest BCUT2D eigenvalue weighted by Crippen LogP contribution is -2.21. The van der Waals surface area contributed by atoms with Crippen LogP contribution < -0.4 is 4.74 Å². The summed E-state index contributed by atoms with van der Waals surface area (Å²) in [5, 5.41) is 18.1. The van der Waals surface area contributed by atoms with Crippen LogP contribution in [0.15, 0.2) is 64.8 Å². The normalized spacial score (nSPS) is 12.6. The molecule has 1 heterocycles. The first-order chi connectivity index (χ1) is 11.1. The van der Waals surface area contributed by atoms with E-state index < -0.39 is 12.0 Å². The number of aromatic hydroxyl groups is 1. The molecule has 0 spiro atoms. The third kappa shape index (κ3) is 3.21. The van der Waals surface area contributed by atoms with Gasteiger partial charge in [0, 0.05) is 5.39 Å². The highest BCUT2D eigenvalue weighted by atomic mass is 16.5. The van der Waals surface area contributed by atoms with Crippen LogP contribution in [-0.2, 0) is 4.79 Å². The van der Waals surface area contributed by atoms with E-state index in [-0.39, 0.29) is 11.6 Å². The number of azo groups is 1. The second-order valence-corrected chi connectivity index (χ2v) is 4.98. The monoisotopic (exact) mass is 309 g/mol. The van der Waals surface area contributed by atoms with E-state index in [1.807, 2.05) is 30.3 Å². The molecule has 6 heteroatoms. The highest BCUT2D eigenvalue weighted by Gasteiger charge is 2.15. The Morgan fingerprint density at radius 2 is 1.83 bits per heavy atom. The number of amides is 1. The Labute approximate surface area is 132 Å². The van der Waals surface area contributed by atoms with Gasteiger partial charge >= 0.3 is 5.91 Å². The molecule has 3 aromatic rings. The van der Waals surface area contributed by atoms with Crippen LogP contribution in [0, 0.1) is 0 Å². The number of carbonyl (C=O) groups is 1. The Hall–Kier alpha value is -3.15. The van der Waals surface area contributed by atoms with Crippen molar-refractivity contribution >= 4 is 22.5 Å². The van der Waals surface area contributed by atoms with E-state index in [1.165, 1.54) is 0 Å². The molecule has 6 nitrogen and oxygen atoms in total. The zero-order chi connectivity index (χ0) is 16.2. The molecular formula is C17H15N3O3. The second-order valence-electron chi connectivity index (χ2n) is 4.98. The molecule has 1 unspecified atom stereocenters. The zero-order valence-electron chi connectivity index (χ0n) is 12.4. The van der Waals surface area contributed by atoms with Crippen molar-refractivity contribution in [3.8, 4) is 11.6 Å². The van der Waals surface area contributed by atoms with Crippen LogP contribution in [0.3, 0.4) is 0 Å². The van der Waals surface area contributed by atoms with Crippen LogP contribution in [0.1, 0.15) is 6.92 Å². The minimum absolute atomic E-state index is 0.126. The van der Waals surface area contributed by atoms with Gasteiger partial charge in [0.25, 0.3) is 0 Å². The summed E-state index contributed by atoms with van der Waals surface area (Å²) in [6, 6.07) is 16.2. The van der Waals surface area contributed by atoms with E-state index in [0.717, 1.165) is 5.52 Å². The summed E-state index contributed by atoms with van der Waals surface area (Å²) in [6.07, 6.45) is -0.770. The SMILES string of the molecule is CC(Oc1ccccc1)C(=O)N=Nc1c(O)[nH]c2ccccc12. The van der Waals surface area contributed by atoms with Crippen molar-refractivity contribution in [2.45, 2.75) is 13.0 Å². The largest absolute Gasteiger partial charge is 0.493 e. The fraction of sp³-hybridized carbons (Fsp3) is 0.118. The number of rotatable bonds is 4. The van der Waals surface area contributed by atoms with E-state index in [4.69, 9.17) is 4.74 Å². The maximum atomic E-state index is 12.0. The summed E-state index contributed by atoms with van der Waals surface area (Å²) in [7, 11) is 0. The topological polar surface area (TPSA) is 87.0 Å². The molecule has 0 aliphatic carbocycles. The fourth-order valence-electron chi connectivity index (χ4n) is 2.15. The highest BCUT2D eigenvalue weighted by molar-refractivity contribution is 5.94. The molecule has 1 amide bonds. The van der Waals surface area contributed by atoms with Crippen LogP contribution in [0.4, 0.5) is 5.69 Å². The number of H-pyrrole nitrogens is 1. The number of carbonyl (C=O) groups excluding carboxylic acids is 1. The Morgan fingerprint density at radius 3 is 2.61 bits per heavy atom. The third-order valence-electron chi connectivity index (χ3n) is 3.31. The number of hydrogen-bond acceptors (Lipinski definition) is 4. The van der Waals surface area contributed by atoms with E-state index in [2.05, 4.69) is 15.2 Å². The molecule has 2 N–H and O–H groups in total. The fourth-order valence-corrected chi connectivity index (χ4v) is 2.15. The smallest absolute Gasteiger partial charge is 0.304 e. The van der Waals surface area contributed by atoms with Crippen molar-refractivity contribution in [3.05, 3.63) is 54.6 Å². The van der Waals surface area contributed by atoms with Crippen molar-refractivity contribution in [1.82, 2.24) is 4.98 Å². The maximum Gasteiger partial charge on any atom is 0.304 e. The Kier molecular flexibility index (Phi) is 4.05. The average molecular weight is 309 g/mol. The summed E-state index contributed by atoms with van der Waals surface area (Å²) >= 11 is 0. The number of hydrogen-bond donors (Lipinski definition) is 2. The Morgan fingerprint density at radius 1 is 1.13 bits per heavy atom. The van der Waals surface area contributed by atoms with Gasteiger partial charge in [-0.2, -0.15) is 0 Å². The Balaban J connectivity index is 1.76. The van der Waals surface area contributed by atoms with Crippen molar-refractivity contribution in [2.24, 2.45) is 10.2 Å². The first-order valence-electron chi connectivity index (χ1n) is 7.12. The molecule has 1 atom stereocenters. The molecule has 0 fully saturated rings. The van der Waals surface area contributed by atoms with Crippen LogP contribution in [-0.4, -0.2) is 22.1 Å². The number of nitrogens with one attached hydrogen (secondary N) is 1. The van der Waals surface area contributed by atoms with Crippen LogP contribution >= 0.6 is 0 Å². The second kappa shape index (κ2) is 6.31. The molecule has 23 heavy (non-hydrogen) atoms. The number of nitrogens with zero attached hydrogens (tertiary/aromatic N) is 2. The van der Waals surface area contributed by atoms with E-state index >= 15 is 0 Å². The van der Waals surface area contributed by atoms with E-state index in [9.17, 15) is 9.90 Å². The van der Waals surface area contributed by atoms with Gasteiger partial charge < -0.3 is 14.8 Å². The number of ether oxygens (including phenoxy) is 1. The molecule has 0 radical (unpaired) electrons. The summed E-state index contributed by atoms with van der Waals surface area (Å²) < 4.78 is 5.49. The number of para-hydroxylation sites is 2. The minimum atomic E-state index is -0.770. The molecule has 0 saturated heterocycles. The number of benzene rings is 2. The molecule has 0 bridgehead atoms.